The van der Waals surface area contributed by atoms with Crippen LogP contribution in [0.4, 0.5) is 15.9 Å². The summed E-state index contributed by atoms with van der Waals surface area (Å²) in [6, 6.07) is 14.5. The molecule has 6 heterocycles. The van der Waals surface area contributed by atoms with Gasteiger partial charge in [-0.15, -0.1) is 0 Å². The van der Waals surface area contributed by atoms with Crippen molar-refractivity contribution in [1.82, 2.24) is 24.6 Å². The van der Waals surface area contributed by atoms with Gasteiger partial charge in [-0.2, -0.15) is 15.1 Å². The van der Waals surface area contributed by atoms with Crippen LogP contribution in [0.15, 0.2) is 54.7 Å². The van der Waals surface area contributed by atoms with Gasteiger partial charge in [0, 0.05) is 42.2 Å². The monoisotopic (exact) mass is 703 g/mol. The van der Waals surface area contributed by atoms with Crippen LogP contribution in [0.1, 0.15) is 71.0 Å². The van der Waals surface area contributed by atoms with Crippen LogP contribution in [0.25, 0.3) is 10.8 Å². The highest BCUT2D eigenvalue weighted by Gasteiger charge is 2.45. The summed E-state index contributed by atoms with van der Waals surface area (Å²) in [5.74, 6) is 0.717. The summed E-state index contributed by atoms with van der Waals surface area (Å²) in [7, 11) is 1.66. The molecular weight excluding hydrogens is 661 g/mol. The van der Waals surface area contributed by atoms with E-state index in [1.807, 2.05) is 29.9 Å². The highest BCUT2D eigenvalue weighted by molar-refractivity contribution is 6.16. The topological polar surface area (TPSA) is 109 Å². The van der Waals surface area contributed by atoms with Crippen LogP contribution in [0, 0.1) is 5.82 Å². The second kappa shape index (κ2) is 12.8. The second-order valence-electron chi connectivity index (χ2n) is 14.5. The summed E-state index contributed by atoms with van der Waals surface area (Å²) in [5.41, 5.74) is 5.29. The Morgan fingerprint density at radius 3 is 2.58 bits per heavy atom. The molecule has 11 nitrogen and oxygen atoms in total. The van der Waals surface area contributed by atoms with Crippen molar-refractivity contribution >= 4 is 28.2 Å². The van der Waals surface area contributed by atoms with Gasteiger partial charge in [0.2, 0.25) is 0 Å². The Hall–Kier alpha value is -5.23. The maximum absolute atomic E-state index is 15.2. The normalized spacial score (nSPS) is 17.9. The van der Waals surface area contributed by atoms with Gasteiger partial charge in [-0.25, -0.2) is 4.39 Å². The molecule has 4 aliphatic rings. The van der Waals surface area contributed by atoms with Crippen LogP contribution in [0.5, 0.6) is 17.5 Å². The van der Waals surface area contributed by atoms with Crippen molar-refractivity contribution in [3.63, 3.8) is 0 Å². The van der Waals surface area contributed by atoms with Crippen LogP contribution < -0.4 is 19.3 Å². The van der Waals surface area contributed by atoms with E-state index in [9.17, 15) is 9.90 Å². The highest BCUT2D eigenvalue weighted by Crippen LogP contribution is 2.43. The van der Waals surface area contributed by atoms with E-state index < -0.39 is 0 Å². The number of hydrogen-bond acceptors (Lipinski definition) is 9. The molecule has 0 radical (unpaired) electrons. The molecule has 5 aromatic rings. The van der Waals surface area contributed by atoms with E-state index in [0.29, 0.717) is 78.2 Å². The molecule has 0 aliphatic carbocycles. The molecular formula is C40H42FN7O4. The second-order valence-corrected chi connectivity index (χ2v) is 14.5. The number of aromatic nitrogens is 4. The Morgan fingerprint density at radius 2 is 1.81 bits per heavy atom. The number of methoxy groups -OCH3 is 1. The first-order valence-electron chi connectivity index (χ1n) is 18.3. The highest BCUT2D eigenvalue weighted by atomic mass is 19.1. The quantitative estimate of drug-likeness (QED) is 0.197. The molecule has 1 amide bonds. The molecule has 9 rings (SSSR count). The fourth-order valence-electron chi connectivity index (χ4n) is 8.96. The van der Waals surface area contributed by atoms with Gasteiger partial charge in [0.1, 0.15) is 35.3 Å². The van der Waals surface area contributed by atoms with Crippen molar-refractivity contribution in [2.45, 2.75) is 70.6 Å². The number of fused-ring (bicyclic) bond motifs is 4. The minimum absolute atomic E-state index is 0.00222. The number of amides is 1. The average Bonchev–Trinajstić information content (AvgIpc) is 3.93. The number of carbonyl (C=O) groups is 1. The number of halogens is 1. The largest absolute Gasteiger partial charge is 0.508 e. The van der Waals surface area contributed by atoms with E-state index in [4.69, 9.17) is 24.5 Å². The minimum atomic E-state index is -0.342. The minimum Gasteiger partial charge on any atom is -0.508 e. The number of aryl methyl sites for hydroxylation is 1. The third kappa shape index (κ3) is 5.42. The van der Waals surface area contributed by atoms with Crippen molar-refractivity contribution in [2.75, 3.05) is 43.2 Å². The third-order valence-electron chi connectivity index (χ3n) is 11.6. The Bertz CT molecular complexity index is 2190. The van der Waals surface area contributed by atoms with Crippen molar-refractivity contribution in [3.8, 4) is 17.5 Å². The third-order valence-corrected chi connectivity index (χ3v) is 11.6. The zero-order valence-electron chi connectivity index (χ0n) is 29.6. The lowest BCUT2D eigenvalue weighted by molar-refractivity contribution is 0.0996. The lowest BCUT2D eigenvalue weighted by atomic mass is 9.95. The molecule has 2 saturated heterocycles. The van der Waals surface area contributed by atoms with Gasteiger partial charge >= 0.3 is 6.01 Å². The molecule has 52 heavy (non-hydrogen) atoms. The molecule has 0 unspecified atom stereocenters. The molecule has 12 heteroatoms. The molecule has 0 saturated carbocycles. The van der Waals surface area contributed by atoms with Crippen LogP contribution in [0.3, 0.4) is 0 Å². The van der Waals surface area contributed by atoms with Gasteiger partial charge in [0.15, 0.2) is 0 Å². The number of phenols is 1. The van der Waals surface area contributed by atoms with Gasteiger partial charge in [-0.1, -0.05) is 25.1 Å². The molecule has 268 valence electrons. The van der Waals surface area contributed by atoms with Gasteiger partial charge in [-0.05, 0) is 86.0 Å². The molecule has 2 aromatic heterocycles. The summed E-state index contributed by atoms with van der Waals surface area (Å²) < 4.78 is 29.0. The maximum Gasteiger partial charge on any atom is 0.318 e. The number of rotatable bonds is 9. The Kier molecular flexibility index (Phi) is 8.02. The van der Waals surface area contributed by atoms with Crippen molar-refractivity contribution < 1.29 is 23.8 Å². The molecule has 2 fully saturated rings. The summed E-state index contributed by atoms with van der Waals surface area (Å²) >= 11 is 0. The summed E-state index contributed by atoms with van der Waals surface area (Å²) in [6.07, 6.45) is 7.55. The Labute approximate surface area is 301 Å². The van der Waals surface area contributed by atoms with E-state index in [0.717, 1.165) is 61.3 Å². The van der Waals surface area contributed by atoms with Crippen LogP contribution in [-0.4, -0.2) is 74.6 Å². The zero-order chi connectivity index (χ0) is 35.6. The number of aromatic hydroxyl groups is 1. The number of anilines is 2. The van der Waals surface area contributed by atoms with Gasteiger partial charge in [0.25, 0.3) is 5.91 Å². The van der Waals surface area contributed by atoms with E-state index in [2.05, 4.69) is 21.9 Å². The lowest BCUT2D eigenvalue weighted by Gasteiger charge is -2.32. The maximum atomic E-state index is 15.2. The number of ether oxygens (including phenoxy) is 2. The van der Waals surface area contributed by atoms with Gasteiger partial charge in [0.05, 0.1) is 43.3 Å². The average molecular weight is 704 g/mol. The van der Waals surface area contributed by atoms with E-state index in [1.54, 1.807) is 30.2 Å². The Balaban J connectivity index is 1.07. The smallest absolute Gasteiger partial charge is 0.318 e. The van der Waals surface area contributed by atoms with Crippen LogP contribution >= 0.6 is 0 Å². The first-order chi connectivity index (χ1) is 25.3. The molecule has 0 atom stereocenters. The SMILES string of the molecule is CCc1c(F)ccc2cc(O)cc(N3Cc4nc(OCC56CCCN5CCC6)nc(N5CCc6c(cnn6Cc6ccc(OC)cc6)C5)c4C3=O)c12. The van der Waals surface area contributed by atoms with Crippen LogP contribution in [-0.2, 0) is 32.5 Å². The van der Waals surface area contributed by atoms with Crippen molar-refractivity contribution in [1.29, 1.82) is 0 Å². The molecule has 1 N–H and O–H groups in total. The molecule has 0 spiro atoms. The van der Waals surface area contributed by atoms with Crippen molar-refractivity contribution in [3.05, 3.63) is 94.2 Å². The number of carbonyl (C=O) groups excluding carboxylic acids is 1. The van der Waals surface area contributed by atoms with Crippen molar-refractivity contribution in [2.24, 2.45) is 0 Å². The lowest BCUT2D eigenvalue weighted by Crippen LogP contribution is -2.43. The number of phenolic OH excluding ortho intramolecular Hbond substituents is 1. The van der Waals surface area contributed by atoms with Gasteiger partial charge in [-0.3, -0.25) is 14.4 Å². The number of benzene rings is 3. The summed E-state index contributed by atoms with van der Waals surface area (Å²) in [4.78, 5) is 30.7. The Morgan fingerprint density at radius 1 is 1.00 bits per heavy atom. The zero-order valence-corrected chi connectivity index (χ0v) is 29.6. The fourth-order valence-corrected chi connectivity index (χ4v) is 8.96. The van der Waals surface area contributed by atoms with Crippen LogP contribution in [0.2, 0.25) is 0 Å². The summed E-state index contributed by atoms with van der Waals surface area (Å²) in [6.45, 7) is 6.50. The van der Waals surface area contributed by atoms with E-state index in [-0.39, 0.29) is 35.6 Å². The van der Waals surface area contributed by atoms with E-state index in [1.165, 1.54) is 6.07 Å². The molecule has 0 bridgehead atoms. The summed E-state index contributed by atoms with van der Waals surface area (Å²) in [5, 5.41) is 16.8. The van der Waals surface area contributed by atoms with Gasteiger partial charge < -0.3 is 24.4 Å². The molecule has 4 aliphatic heterocycles. The van der Waals surface area contributed by atoms with E-state index >= 15 is 4.39 Å². The number of nitrogens with zero attached hydrogens (tertiary/aromatic N) is 7. The molecule has 3 aromatic carbocycles. The predicted molar refractivity (Wildman–Crippen MR) is 195 cm³/mol. The standard InChI is InChI=1S/C40H42FN7O4/c1-3-30-31(41)11-8-26-18-28(49)19-34(35(26)30)47-23-32-36(38(47)50)37(44-39(43-32)52-24-40-13-4-15-46(40)16-5-14-40)45-17-12-33-27(22-45)20-42-48(33)21-25-6-9-29(51-2)10-7-25/h6-11,18-20,49H,3-5,12-17,21-24H2,1-2H3. The predicted octanol–water partition coefficient (Wildman–Crippen LogP) is 6.02. The first kappa shape index (κ1) is 32.7. The number of hydrogen-bond donors (Lipinski definition) is 1. The fraction of sp³-hybridized carbons (Fsp3) is 0.400. The first-order valence-corrected chi connectivity index (χ1v) is 18.3.